The summed E-state index contributed by atoms with van der Waals surface area (Å²) in [4.78, 5) is 24.3. The molecule has 0 saturated heterocycles. The summed E-state index contributed by atoms with van der Waals surface area (Å²) in [5, 5.41) is 9.58. The summed E-state index contributed by atoms with van der Waals surface area (Å²) in [6, 6.07) is 0. The molecule has 0 aromatic carbocycles. The molecule has 0 spiro atoms. The Hall–Kier alpha value is -1.10. The largest absolute Gasteiger partial charge is 0.462 e. The average Bonchev–Trinajstić information content (AvgIpc) is 3.12. The molecular weight excluding hydrogens is 620 g/mol. The maximum Gasteiger partial charge on any atom is 0.306 e. The second-order valence-electron chi connectivity index (χ2n) is 15.5. The molecule has 0 aromatic heterocycles. The number of aliphatic hydroxyl groups is 1. The van der Waals surface area contributed by atoms with Crippen LogP contribution in [0, 0.1) is 0 Å². The first kappa shape index (κ1) is 48.9. The Morgan fingerprint density at radius 3 is 0.880 bits per heavy atom. The Balaban J connectivity index is 3.44. The van der Waals surface area contributed by atoms with Crippen LogP contribution in [0.15, 0.2) is 0 Å². The van der Waals surface area contributed by atoms with Crippen molar-refractivity contribution in [2.45, 2.75) is 264 Å². The summed E-state index contributed by atoms with van der Waals surface area (Å²) in [5.74, 6) is -0.571. The summed E-state index contributed by atoms with van der Waals surface area (Å²) in [7, 11) is 0. The molecule has 0 bridgehead atoms. The van der Waals surface area contributed by atoms with E-state index in [4.69, 9.17) is 9.47 Å². The predicted octanol–water partition coefficient (Wildman–Crippen LogP) is 14.3. The van der Waals surface area contributed by atoms with Crippen LogP contribution in [-0.4, -0.2) is 36.4 Å². The van der Waals surface area contributed by atoms with Crippen molar-refractivity contribution in [1.82, 2.24) is 0 Å². The first-order valence-electron chi connectivity index (χ1n) is 22.6. The van der Waals surface area contributed by atoms with Crippen molar-refractivity contribution in [2.24, 2.45) is 0 Å². The highest BCUT2D eigenvalue weighted by atomic mass is 16.6. The lowest BCUT2D eigenvalue weighted by Crippen LogP contribution is -2.28. The number of hydrogen-bond donors (Lipinski definition) is 1. The standard InChI is InChI=1S/C45H88O5/c1-3-5-7-9-11-13-15-17-19-20-21-22-23-24-26-27-29-31-33-35-37-39-44(47)49-42-43(41-46)50-45(48)40-38-36-34-32-30-28-25-18-16-14-12-10-8-6-4-2/h43,46H,3-42H2,1-2H3. The molecule has 50 heavy (non-hydrogen) atoms. The minimum atomic E-state index is -0.762. The summed E-state index contributed by atoms with van der Waals surface area (Å²) in [6.45, 7) is 4.18. The fourth-order valence-electron chi connectivity index (χ4n) is 6.97. The van der Waals surface area contributed by atoms with E-state index >= 15 is 0 Å². The van der Waals surface area contributed by atoms with Crippen LogP contribution in [0.2, 0.25) is 0 Å². The molecule has 0 aromatic rings. The molecule has 0 amide bonds. The van der Waals surface area contributed by atoms with Gasteiger partial charge < -0.3 is 14.6 Å². The molecule has 1 N–H and O–H groups in total. The molecule has 0 radical (unpaired) electrons. The van der Waals surface area contributed by atoms with Crippen molar-refractivity contribution >= 4 is 11.9 Å². The van der Waals surface area contributed by atoms with Gasteiger partial charge in [-0.15, -0.1) is 0 Å². The van der Waals surface area contributed by atoms with Crippen LogP contribution in [0.1, 0.15) is 258 Å². The maximum atomic E-state index is 12.2. The van der Waals surface area contributed by atoms with Crippen molar-refractivity contribution < 1.29 is 24.2 Å². The van der Waals surface area contributed by atoms with Gasteiger partial charge >= 0.3 is 11.9 Å². The Morgan fingerprint density at radius 1 is 0.380 bits per heavy atom. The topological polar surface area (TPSA) is 72.8 Å². The van der Waals surface area contributed by atoms with Gasteiger partial charge in [0.15, 0.2) is 6.10 Å². The van der Waals surface area contributed by atoms with Gasteiger partial charge in [-0.25, -0.2) is 0 Å². The summed E-state index contributed by atoms with van der Waals surface area (Å²) in [6.07, 6.45) is 47.5. The Labute approximate surface area is 312 Å². The molecule has 1 atom stereocenters. The lowest BCUT2D eigenvalue weighted by atomic mass is 10.0. The number of esters is 2. The van der Waals surface area contributed by atoms with Crippen LogP contribution >= 0.6 is 0 Å². The number of aliphatic hydroxyl groups excluding tert-OH is 1. The highest BCUT2D eigenvalue weighted by Gasteiger charge is 2.16. The van der Waals surface area contributed by atoms with Gasteiger partial charge in [0.1, 0.15) is 6.61 Å². The van der Waals surface area contributed by atoms with Crippen LogP contribution in [0.5, 0.6) is 0 Å². The Morgan fingerprint density at radius 2 is 0.620 bits per heavy atom. The highest BCUT2D eigenvalue weighted by Crippen LogP contribution is 2.17. The number of rotatable bonds is 42. The zero-order valence-corrected chi connectivity index (χ0v) is 33.9. The third-order valence-electron chi connectivity index (χ3n) is 10.4. The average molecular weight is 709 g/mol. The molecule has 0 saturated carbocycles. The molecule has 5 heteroatoms. The zero-order valence-electron chi connectivity index (χ0n) is 33.9. The third kappa shape index (κ3) is 39.7. The van der Waals surface area contributed by atoms with E-state index in [1.165, 1.54) is 199 Å². The first-order chi connectivity index (χ1) is 24.6. The number of carbonyl (C=O) groups excluding carboxylic acids is 2. The van der Waals surface area contributed by atoms with E-state index in [0.717, 1.165) is 32.1 Å². The Bertz CT molecular complexity index is 680. The number of carbonyl (C=O) groups is 2. The lowest BCUT2D eigenvalue weighted by Gasteiger charge is -2.15. The fraction of sp³-hybridized carbons (Fsp3) is 0.956. The Kier molecular flexibility index (Phi) is 41.4. The van der Waals surface area contributed by atoms with Crippen LogP contribution in [0.25, 0.3) is 0 Å². The number of ether oxygens (including phenoxy) is 2. The van der Waals surface area contributed by atoms with Gasteiger partial charge in [-0.2, -0.15) is 0 Å². The monoisotopic (exact) mass is 709 g/mol. The van der Waals surface area contributed by atoms with Crippen molar-refractivity contribution in [2.75, 3.05) is 13.2 Å². The van der Waals surface area contributed by atoms with E-state index in [0.29, 0.717) is 12.8 Å². The van der Waals surface area contributed by atoms with E-state index < -0.39 is 6.10 Å². The van der Waals surface area contributed by atoms with Gasteiger partial charge in [0.05, 0.1) is 6.61 Å². The second-order valence-corrected chi connectivity index (χ2v) is 15.5. The van der Waals surface area contributed by atoms with E-state index in [-0.39, 0.29) is 25.2 Å². The van der Waals surface area contributed by atoms with E-state index in [1.54, 1.807) is 0 Å². The molecule has 0 rings (SSSR count). The molecule has 0 fully saturated rings. The number of hydrogen-bond acceptors (Lipinski definition) is 5. The third-order valence-corrected chi connectivity index (χ3v) is 10.4. The summed E-state index contributed by atoms with van der Waals surface area (Å²) < 4.78 is 10.6. The van der Waals surface area contributed by atoms with Gasteiger partial charge in [0.25, 0.3) is 0 Å². The van der Waals surface area contributed by atoms with Crippen LogP contribution in [0.3, 0.4) is 0 Å². The summed E-state index contributed by atoms with van der Waals surface area (Å²) in [5.41, 5.74) is 0. The SMILES string of the molecule is CCCCCCCCCCCCCCCCCCCCCCCC(=O)OCC(CO)OC(=O)CCCCCCCCCCCCCCCCC. The summed E-state index contributed by atoms with van der Waals surface area (Å²) >= 11 is 0. The van der Waals surface area contributed by atoms with Gasteiger partial charge in [-0.1, -0.05) is 232 Å². The van der Waals surface area contributed by atoms with Crippen molar-refractivity contribution in [3.8, 4) is 0 Å². The van der Waals surface area contributed by atoms with Gasteiger partial charge in [0, 0.05) is 12.8 Å². The molecule has 0 heterocycles. The van der Waals surface area contributed by atoms with Crippen LogP contribution in [-0.2, 0) is 19.1 Å². The fourth-order valence-corrected chi connectivity index (χ4v) is 6.97. The van der Waals surface area contributed by atoms with E-state index in [2.05, 4.69) is 13.8 Å². The molecule has 0 aliphatic rings. The first-order valence-corrected chi connectivity index (χ1v) is 22.6. The molecule has 298 valence electrons. The van der Waals surface area contributed by atoms with Crippen molar-refractivity contribution in [3.63, 3.8) is 0 Å². The smallest absolute Gasteiger partial charge is 0.306 e. The lowest BCUT2D eigenvalue weighted by molar-refractivity contribution is -0.161. The van der Waals surface area contributed by atoms with E-state index in [1.807, 2.05) is 0 Å². The maximum absolute atomic E-state index is 12.2. The van der Waals surface area contributed by atoms with Crippen LogP contribution < -0.4 is 0 Å². The van der Waals surface area contributed by atoms with Crippen molar-refractivity contribution in [3.05, 3.63) is 0 Å². The highest BCUT2D eigenvalue weighted by molar-refractivity contribution is 5.70. The molecule has 0 aliphatic heterocycles. The number of unbranched alkanes of at least 4 members (excludes halogenated alkanes) is 34. The molecule has 0 aliphatic carbocycles. The molecule has 5 nitrogen and oxygen atoms in total. The van der Waals surface area contributed by atoms with Gasteiger partial charge in [-0.3, -0.25) is 9.59 Å². The zero-order chi connectivity index (χ0) is 36.4. The second kappa shape index (κ2) is 42.3. The molecular formula is C45H88O5. The van der Waals surface area contributed by atoms with Crippen LogP contribution in [0.4, 0.5) is 0 Å². The quantitative estimate of drug-likeness (QED) is 0.0505. The van der Waals surface area contributed by atoms with Crippen molar-refractivity contribution in [1.29, 1.82) is 0 Å². The molecule has 1 unspecified atom stereocenters. The van der Waals surface area contributed by atoms with Gasteiger partial charge in [-0.05, 0) is 12.8 Å². The van der Waals surface area contributed by atoms with E-state index in [9.17, 15) is 14.7 Å². The minimum absolute atomic E-state index is 0.0564. The van der Waals surface area contributed by atoms with Gasteiger partial charge in [0.2, 0.25) is 0 Å². The minimum Gasteiger partial charge on any atom is -0.462 e. The predicted molar refractivity (Wildman–Crippen MR) is 215 cm³/mol. The normalized spacial score (nSPS) is 12.0.